The molecule has 0 aliphatic rings. The van der Waals surface area contributed by atoms with E-state index in [1.807, 2.05) is 102 Å². The summed E-state index contributed by atoms with van der Waals surface area (Å²) in [5.74, 6) is 1.98. The lowest BCUT2D eigenvalue weighted by atomic mass is 10.1. The van der Waals surface area contributed by atoms with Gasteiger partial charge in [0, 0.05) is 136 Å². The number of sulfonamides is 3. The molecule has 9 aromatic carbocycles. The lowest BCUT2D eigenvalue weighted by Gasteiger charge is -2.23. The van der Waals surface area contributed by atoms with Gasteiger partial charge in [0.1, 0.15) is 11.6 Å². The van der Waals surface area contributed by atoms with E-state index in [2.05, 4.69) is 56.3 Å². The Labute approximate surface area is 584 Å². The van der Waals surface area contributed by atoms with Crippen molar-refractivity contribution in [2.45, 2.75) is 68.6 Å². The maximum atomic E-state index is 14.4. The van der Waals surface area contributed by atoms with Crippen molar-refractivity contribution in [1.29, 1.82) is 0 Å². The first kappa shape index (κ1) is 76.4. The Bertz CT molecular complexity index is 4570. The first-order chi connectivity index (χ1) is 47.2. The van der Waals surface area contributed by atoms with Crippen LogP contribution >= 0.6 is 46.9 Å². The zero-order valence-electron chi connectivity index (χ0n) is 52.4. The number of hydrogen-bond donors (Lipinski definition) is 0. The standard InChI is InChI=1S/C23H24N4O3S2.C22H20ClFN4O2S2.C22H20FN5O4S2/c1-30-21-7-5-6-20(16-21)18-27(14-15-31-22-8-3-2-4-9-22)17-19-10-12-23(13-11-19)32(28,29)26-25-24;23-21-7-4-8-22(24)20(21)16-28(13-14-31-18-5-2-1-3-6-18)15-17-9-11-19(12-10-17)32(29,30)27-26-25;23-21-11-8-18(14-22(21)28(29)30)16-27(12-13-33-19-4-2-1-3-5-19)15-17-6-9-20(10-7-17)34(31,32)26-25-24/h2-13,16H,14-15,17-18H2,1H3;1-12H,13-16H2;1-11,14H,12-13,15-16H2. The highest BCUT2D eigenvalue weighted by atomic mass is 35.5. The molecule has 0 bridgehead atoms. The van der Waals surface area contributed by atoms with Gasteiger partial charge in [-0.15, -0.1) is 35.3 Å². The molecule has 98 heavy (non-hydrogen) atoms. The number of halogens is 3. The highest BCUT2D eigenvalue weighted by Crippen LogP contribution is 2.28. The molecule has 0 unspecified atom stereocenters. The number of ether oxygens (including phenoxy) is 1. The van der Waals surface area contributed by atoms with Crippen molar-refractivity contribution in [2.24, 2.45) is 13.6 Å². The fourth-order valence-corrected chi connectivity index (χ4v) is 14.5. The smallest absolute Gasteiger partial charge is 0.305 e. The Morgan fingerprint density at radius 2 is 0.796 bits per heavy atom. The van der Waals surface area contributed by atoms with Crippen molar-refractivity contribution in [1.82, 2.24) is 14.7 Å². The van der Waals surface area contributed by atoms with E-state index in [4.69, 9.17) is 32.9 Å². The molecule has 0 spiro atoms. The molecule has 0 aliphatic carbocycles. The minimum Gasteiger partial charge on any atom is -0.497 e. The van der Waals surface area contributed by atoms with E-state index in [9.17, 15) is 44.1 Å². The quantitative estimate of drug-likeness (QED) is 0.00945. The molecule has 508 valence electrons. The number of rotatable bonds is 32. The van der Waals surface area contributed by atoms with Crippen molar-refractivity contribution < 1.29 is 43.7 Å². The third-order valence-corrected chi connectivity index (χ3v) is 21.0. The topological polar surface area (TPSA) is 311 Å². The summed E-state index contributed by atoms with van der Waals surface area (Å²) in [4.78, 5) is 27.1. The number of azide groups is 3. The number of thioether (sulfide) groups is 3. The summed E-state index contributed by atoms with van der Waals surface area (Å²) in [5, 5.41) is 11.5. The first-order valence-electron chi connectivity index (χ1n) is 29.6. The van der Waals surface area contributed by atoms with Crippen molar-refractivity contribution in [3.8, 4) is 5.75 Å². The van der Waals surface area contributed by atoms with Gasteiger partial charge in [0.2, 0.25) is 5.82 Å². The van der Waals surface area contributed by atoms with Crippen LogP contribution in [-0.4, -0.2) is 88.9 Å². The van der Waals surface area contributed by atoms with Gasteiger partial charge >= 0.3 is 5.69 Å². The predicted octanol–water partition coefficient (Wildman–Crippen LogP) is 17.3. The monoisotopic (exact) mass is 1460 g/mol. The van der Waals surface area contributed by atoms with Crippen LogP contribution in [0.2, 0.25) is 5.02 Å². The van der Waals surface area contributed by atoms with Crippen molar-refractivity contribution >= 4 is 82.6 Å². The summed E-state index contributed by atoms with van der Waals surface area (Å²) in [7, 11) is -10.4. The fraction of sp³-hybridized carbons (Fsp3) is 0.194. The molecule has 0 N–H and O–H groups in total. The average molecular weight is 1460 g/mol. The van der Waals surface area contributed by atoms with Crippen LogP contribution in [0.25, 0.3) is 31.3 Å². The molecule has 0 heterocycles. The molecule has 22 nitrogen and oxygen atoms in total. The van der Waals surface area contributed by atoms with E-state index in [1.54, 1.807) is 90.9 Å². The van der Waals surface area contributed by atoms with Gasteiger partial charge in [-0.3, -0.25) is 24.8 Å². The second kappa shape index (κ2) is 38.8. The summed E-state index contributed by atoms with van der Waals surface area (Å²) in [6.07, 6.45) is 0. The van der Waals surface area contributed by atoms with Gasteiger partial charge < -0.3 is 4.74 Å². The summed E-state index contributed by atoms with van der Waals surface area (Å²) >= 11 is 11.4. The van der Waals surface area contributed by atoms with E-state index in [0.717, 1.165) is 74.2 Å². The number of methoxy groups -OCH3 is 1. The lowest BCUT2D eigenvalue weighted by Crippen LogP contribution is -2.26. The summed E-state index contributed by atoms with van der Waals surface area (Å²) < 4.78 is 113. The first-order valence-corrected chi connectivity index (χ1v) is 37.2. The molecule has 9 aromatic rings. The highest BCUT2D eigenvalue weighted by Gasteiger charge is 2.20. The van der Waals surface area contributed by atoms with Crippen LogP contribution in [0, 0.1) is 21.7 Å². The molecular formula is C67H64ClF2N13O9S6. The molecule has 0 atom stereocenters. The Morgan fingerprint density at radius 3 is 1.15 bits per heavy atom. The SMILES string of the molecule is COc1cccc(CN(CCSc2ccccc2)Cc2ccc(S(=O)(=O)N=[N+]=[N-])cc2)c1.[N-]=[N+]=NS(=O)(=O)c1ccc(CN(CCSc2ccccc2)Cc2c(F)cccc2Cl)cc1.[N-]=[N+]=NS(=O)(=O)c1ccc(CN(CCSc2ccccc2)Cc2ccc(F)c([N+](=O)[O-])c2)cc1. The molecule has 0 aromatic heterocycles. The Kier molecular flexibility index (Phi) is 30.3. The van der Waals surface area contributed by atoms with Gasteiger partial charge in [0.05, 0.1) is 26.7 Å². The lowest BCUT2D eigenvalue weighted by molar-refractivity contribution is -0.387. The summed E-state index contributed by atoms with van der Waals surface area (Å²) in [6, 6.07) is 65.0. The van der Waals surface area contributed by atoms with Crippen LogP contribution in [0.1, 0.15) is 33.4 Å². The Morgan fingerprint density at radius 1 is 0.449 bits per heavy atom. The average Bonchev–Trinajstić information content (AvgIpc) is 0.902. The number of nitro benzene ring substituents is 1. The van der Waals surface area contributed by atoms with Crippen LogP contribution in [0.5, 0.6) is 5.75 Å². The van der Waals surface area contributed by atoms with Gasteiger partial charge in [-0.05, 0) is 148 Å². The second-order valence-corrected chi connectivity index (χ2v) is 29.7. The van der Waals surface area contributed by atoms with Crippen molar-refractivity contribution in [3.05, 3.63) is 316 Å². The Hall–Kier alpha value is -8.96. The third kappa shape index (κ3) is 25.2. The molecule has 0 saturated carbocycles. The summed E-state index contributed by atoms with van der Waals surface area (Å²) in [5.41, 5.74) is 29.4. The van der Waals surface area contributed by atoms with Gasteiger partial charge in [0.15, 0.2) is 0 Å². The molecule has 0 fully saturated rings. The van der Waals surface area contributed by atoms with Crippen LogP contribution in [0.15, 0.2) is 267 Å². The van der Waals surface area contributed by atoms with Crippen molar-refractivity contribution in [3.63, 3.8) is 0 Å². The van der Waals surface area contributed by atoms with E-state index in [0.29, 0.717) is 62.0 Å². The highest BCUT2D eigenvalue weighted by molar-refractivity contribution is 7.99. The van der Waals surface area contributed by atoms with E-state index in [-0.39, 0.29) is 20.5 Å². The normalized spacial score (nSPS) is 11.3. The van der Waals surface area contributed by atoms with Crippen LogP contribution in [0.4, 0.5) is 14.5 Å². The zero-order valence-corrected chi connectivity index (χ0v) is 58.1. The van der Waals surface area contributed by atoms with Gasteiger partial charge in [-0.1, -0.05) is 127 Å². The van der Waals surface area contributed by atoms with Gasteiger partial charge in [-0.2, -0.15) is 4.39 Å². The predicted molar refractivity (Wildman–Crippen MR) is 380 cm³/mol. The minimum atomic E-state index is -4.07. The van der Waals surface area contributed by atoms with Crippen LogP contribution in [0.3, 0.4) is 0 Å². The van der Waals surface area contributed by atoms with E-state index < -0.39 is 46.5 Å². The summed E-state index contributed by atoms with van der Waals surface area (Å²) in [6.45, 7) is 5.00. The van der Waals surface area contributed by atoms with Crippen molar-refractivity contribution in [2.75, 3.05) is 44.0 Å². The fourth-order valence-electron chi connectivity index (χ4n) is 9.42. The molecule has 0 aliphatic heterocycles. The molecule has 31 heteroatoms. The Balaban J connectivity index is 0.000000207. The van der Waals surface area contributed by atoms with Gasteiger partial charge in [0.25, 0.3) is 30.1 Å². The van der Waals surface area contributed by atoms with Crippen LogP contribution < -0.4 is 4.74 Å². The largest absolute Gasteiger partial charge is 0.497 e. The molecule has 0 amide bonds. The third-order valence-electron chi connectivity index (χ3n) is 14.2. The molecular weight excluding hydrogens is 1400 g/mol. The molecule has 0 saturated heterocycles. The maximum absolute atomic E-state index is 14.4. The van der Waals surface area contributed by atoms with E-state index >= 15 is 0 Å². The van der Waals surface area contributed by atoms with Gasteiger partial charge in [-0.25, -0.2) is 29.6 Å². The molecule has 0 radical (unpaired) electrons. The number of benzene rings is 9. The van der Waals surface area contributed by atoms with E-state index in [1.165, 1.54) is 59.5 Å². The molecule has 9 rings (SSSR count). The number of nitro groups is 1. The number of nitrogens with zero attached hydrogens (tertiary/aromatic N) is 13. The maximum Gasteiger partial charge on any atom is 0.305 e. The number of hydrogen-bond acceptors (Lipinski definition) is 15. The zero-order chi connectivity index (χ0) is 70.3. The minimum absolute atomic E-state index is 0.0157. The second-order valence-electron chi connectivity index (χ2n) is 21.1. The van der Waals surface area contributed by atoms with Crippen LogP contribution in [-0.2, 0) is 69.3 Å².